The van der Waals surface area contributed by atoms with E-state index >= 15 is 0 Å². The smallest absolute Gasteiger partial charge is 0.295 e. The minimum Gasteiger partial charge on any atom is -0.357 e. The molecule has 0 saturated carbocycles. The number of hydrogen-bond donors (Lipinski definition) is 1. The van der Waals surface area contributed by atoms with Crippen molar-refractivity contribution in [3.8, 4) is 16.4 Å². The highest BCUT2D eigenvalue weighted by atomic mass is 32.1. The number of para-hydroxylation sites is 1. The summed E-state index contributed by atoms with van der Waals surface area (Å²) >= 11 is 1.60. The first-order valence-corrected chi connectivity index (χ1v) is 13.3. The van der Waals surface area contributed by atoms with Crippen LogP contribution in [0.5, 0.6) is 0 Å². The van der Waals surface area contributed by atoms with Gasteiger partial charge >= 0.3 is 0 Å². The van der Waals surface area contributed by atoms with Crippen LogP contribution < -0.4 is 4.90 Å². The van der Waals surface area contributed by atoms with Crippen molar-refractivity contribution in [1.82, 2.24) is 39.8 Å². The Hall–Kier alpha value is -5.04. The summed E-state index contributed by atoms with van der Waals surface area (Å²) in [7, 11) is 0. The van der Waals surface area contributed by atoms with E-state index in [0.717, 1.165) is 32.8 Å². The van der Waals surface area contributed by atoms with Gasteiger partial charge in [0.05, 0.1) is 50.8 Å². The van der Waals surface area contributed by atoms with Crippen molar-refractivity contribution < 1.29 is 14.0 Å². The summed E-state index contributed by atoms with van der Waals surface area (Å²) in [5.41, 5.74) is 2.06. The number of piperazine rings is 1. The Morgan fingerprint density at radius 2 is 1.82 bits per heavy atom. The number of aromatic amines is 1. The number of rotatable bonds is 5. The zero-order valence-corrected chi connectivity index (χ0v) is 21.7. The maximum atomic E-state index is 14.8. The maximum Gasteiger partial charge on any atom is 0.295 e. The molecule has 1 fully saturated rings. The van der Waals surface area contributed by atoms with E-state index in [1.165, 1.54) is 22.0 Å². The summed E-state index contributed by atoms with van der Waals surface area (Å²) in [6.07, 6.45) is 7.09. The average molecular weight is 554 g/mol. The molecule has 198 valence electrons. The largest absolute Gasteiger partial charge is 0.357 e. The fourth-order valence-electron chi connectivity index (χ4n) is 4.95. The van der Waals surface area contributed by atoms with E-state index in [1.54, 1.807) is 23.7 Å². The number of carbonyl (C=O) groups is 2. The van der Waals surface area contributed by atoms with Crippen LogP contribution in [0.2, 0.25) is 0 Å². The highest BCUT2D eigenvalue weighted by molar-refractivity contribution is 7.21. The topological polar surface area (TPSA) is 126 Å². The van der Waals surface area contributed by atoms with Crippen LogP contribution >= 0.6 is 11.3 Å². The molecule has 0 bridgehead atoms. The standard InChI is InChI=1S/C27H20FN9O2S/c28-18-15-31-25(37-9-8-32-34-37)22-21(18)17(14-30-22)23(38)27(39)36-12-10-35(11-13-36)24-16(4-3-7-29-24)26-33-19-5-1-2-6-20(19)40-26/h1-9,14-15,30H,10-13H2. The number of fused-ring (bicyclic) bond motifs is 2. The summed E-state index contributed by atoms with van der Waals surface area (Å²) in [6.45, 7) is 1.60. The number of Topliss-reactive ketones (excluding diaryl/α,β-unsaturated/α-hetero) is 1. The fourth-order valence-corrected chi connectivity index (χ4v) is 5.94. The lowest BCUT2D eigenvalue weighted by Crippen LogP contribution is -2.51. The van der Waals surface area contributed by atoms with Gasteiger partial charge in [0.1, 0.15) is 10.8 Å². The first-order chi connectivity index (χ1) is 19.6. The number of benzene rings is 1. The molecule has 1 aliphatic heterocycles. The number of amides is 1. The molecule has 0 radical (unpaired) electrons. The Morgan fingerprint density at radius 3 is 2.62 bits per heavy atom. The van der Waals surface area contributed by atoms with Gasteiger partial charge in [0.15, 0.2) is 11.6 Å². The van der Waals surface area contributed by atoms with Gasteiger partial charge in [-0.3, -0.25) is 9.59 Å². The third-order valence-electron chi connectivity index (χ3n) is 6.90. The van der Waals surface area contributed by atoms with Crippen molar-refractivity contribution in [3.05, 3.63) is 78.8 Å². The molecule has 6 heterocycles. The van der Waals surface area contributed by atoms with Gasteiger partial charge in [0.25, 0.3) is 11.7 Å². The molecule has 1 aromatic carbocycles. The molecule has 1 aliphatic rings. The van der Waals surface area contributed by atoms with E-state index in [2.05, 4.69) is 30.2 Å². The molecule has 0 atom stereocenters. The van der Waals surface area contributed by atoms with Gasteiger partial charge < -0.3 is 14.8 Å². The van der Waals surface area contributed by atoms with Crippen LogP contribution in [0, 0.1) is 5.82 Å². The summed E-state index contributed by atoms with van der Waals surface area (Å²) in [4.78, 5) is 46.5. The number of halogens is 1. The number of H-pyrrole nitrogens is 1. The van der Waals surface area contributed by atoms with Crippen molar-refractivity contribution in [2.75, 3.05) is 31.1 Å². The minimum absolute atomic E-state index is 0.00792. The summed E-state index contributed by atoms with van der Waals surface area (Å²) in [5.74, 6) is -1.13. The second-order valence-corrected chi connectivity index (χ2v) is 10.2. The van der Waals surface area contributed by atoms with E-state index in [9.17, 15) is 14.0 Å². The third kappa shape index (κ3) is 3.98. The zero-order valence-electron chi connectivity index (χ0n) is 20.9. The fraction of sp³-hybridized carbons (Fsp3) is 0.148. The first kappa shape index (κ1) is 24.0. The quantitative estimate of drug-likeness (QED) is 0.254. The number of pyridine rings is 2. The van der Waals surface area contributed by atoms with Crippen LogP contribution in [0.15, 0.2) is 67.4 Å². The van der Waals surface area contributed by atoms with Gasteiger partial charge in [0, 0.05) is 38.6 Å². The van der Waals surface area contributed by atoms with Crippen molar-refractivity contribution in [3.63, 3.8) is 0 Å². The summed E-state index contributed by atoms with van der Waals surface area (Å²) < 4.78 is 17.3. The van der Waals surface area contributed by atoms with Crippen LogP contribution in [-0.4, -0.2) is 77.7 Å². The lowest BCUT2D eigenvalue weighted by molar-refractivity contribution is -0.126. The summed E-state index contributed by atoms with van der Waals surface area (Å²) in [5, 5.41) is 8.50. The Labute approximate surface area is 229 Å². The average Bonchev–Trinajstić information content (AvgIpc) is 3.77. The van der Waals surface area contributed by atoms with E-state index in [1.807, 2.05) is 36.4 Å². The molecule has 40 heavy (non-hydrogen) atoms. The van der Waals surface area contributed by atoms with Crippen molar-refractivity contribution in [2.45, 2.75) is 0 Å². The Bertz CT molecular complexity index is 1860. The monoisotopic (exact) mass is 553 g/mol. The van der Waals surface area contributed by atoms with Crippen LogP contribution in [0.3, 0.4) is 0 Å². The lowest BCUT2D eigenvalue weighted by atomic mass is 10.1. The predicted octanol–water partition coefficient (Wildman–Crippen LogP) is 3.49. The van der Waals surface area contributed by atoms with Crippen LogP contribution in [0.4, 0.5) is 10.2 Å². The van der Waals surface area contributed by atoms with E-state index in [-0.39, 0.29) is 22.3 Å². The molecule has 0 unspecified atom stereocenters. The molecule has 1 N–H and O–H groups in total. The van der Waals surface area contributed by atoms with Crippen molar-refractivity contribution in [2.24, 2.45) is 0 Å². The molecular weight excluding hydrogens is 533 g/mol. The third-order valence-corrected chi connectivity index (χ3v) is 7.97. The number of carbonyl (C=O) groups excluding carboxylic acids is 2. The van der Waals surface area contributed by atoms with Crippen LogP contribution in [-0.2, 0) is 4.79 Å². The number of aromatic nitrogens is 7. The summed E-state index contributed by atoms with van der Waals surface area (Å²) in [6, 6.07) is 11.9. The molecule has 11 nitrogen and oxygen atoms in total. The predicted molar refractivity (Wildman–Crippen MR) is 147 cm³/mol. The molecule has 1 saturated heterocycles. The Kier molecular flexibility index (Phi) is 5.77. The normalized spacial score (nSPS) is 13.8. The van der Waals surface area contributed by atoms with Crippen molar-refractivity contribution >= 4 is 50.0 Å². The van der Waals surface area contributed by atoms with Gasteiger partial charge in [0.2, 0.25) is 0 Å². The molecule has 13 heteroatoms. The first-order valence-electron chi connectivity index (χ1n) is 12.5. The van der Waals surface area contributed by atoms with Gasteiger partial charge in [-0.1, -0.05) is 17.3 Å². The number of thiazole rings is 1. The molecular formula is C27H20FN9O2S. The highest BCUT2D eigenvalue weighted by Crippen LogP contribution is 2.35. The number of nitrogens with one attached hydrogen (secondary N) is 1. The number of hydrogen-bond acceptors (Lipinski definition) is 9. The zero-order chi connectivity index (χ0) is 27.2. The second-order valence-electron chi connectivity index (χ2n) is 9.20. The van der Waals surface area contributed by atoms with Gasteiger partial charge in [-0.15, -0.1) is 16.4 Å². The van der Waals surface area contributed by atoms with E-state index in [4.69, 9.17) is 4.98 Å². The number of nitrogens with zero attached hydrogens (tertiary/aromatic N) is 8. The number of ketones is 1. The van der Waals surface area contributed by atoms with E-state index < -0.39 is 17.5 Å². The minimum atomic E-state index is -0.789. The molecule has 5 aromatic heterocycles. The van der Waals surface area contributed by atoms with Gasteiger partial charge in [-0.05, 0) is 24.3 Å². The molecule has 6 aromatic rings. The maximum absolute atomic E-state index is 14.8. The molecule has 0 aliphatic carbocycles. The number of anilines is 1. The van der Waals surface area contributed by atoms with Gasteiger partial charge in [-0.25, -0.2) is 24.0 Å². The van der Waals surface area contributed by atoms with Crippen LogP contribution in [0.25, 0.3) is 37.5 Å². The Balaban J connectivity index is 1.11. The van der Waals surface area contributed by atoms with Gasteiger partial charge in [-0.2, -0.15) is 0 Å². The lowest BCUT2D eigenvalue weighted by Gasteiger charge is -2.35. The molecule has 7 rings (SSSR count). The molecule has 1 amide bonds. The van der Waals surface area contributed by atoms with Crippen molar-refractivity contribution in [1.29, 1.82) is 0 Å². The van der Waals surface area contributed by atoms with Crippen LogP contribution in [0.1, 0.15) is 10.4 Å². The Morgan fingerprint density at radius 1 is 0.975 bits per heavy atom. The highest BCUT2D eigenvalue weighted by Gasteiger charge is 2.31. The van der Waals surface area contributed by atoms with E-state index in [0.29, 0.717) is 26.2 Å². The molecule has 0 spiro atoms. The SMILES string of the molecule is O=C(C(=O)N1CCN(c2ncccc2-c2nc3ccccc3s2)CC1)c1c[nH]c2c(-n3ccnn3)ncc(F)c12. The second kappa shape index (κ2) is 9.61.